The fraction of sp³-hybridized carbons (Fsp3) is 0.320. The van der Waals surface area contributed by atoms with E-state index in [0.717, 1.165) is 23.0 Å². The zero-order valence-corrected chi connectivity index (χ0v) is 17.7. The van der Waals surface area contributed by atoms with Crippen molar-refractivity contribution in [3.63, 3.8) is 0 Å². The Morgan fingerprint density at radius 2 is 1.79 bits per heavy atom. The van der Waals surface area contributed by atoms with E-state index in [-0.39, 0.29) is 5.78 Å². The standard InChI is InChI=1S/C25H30N2O2/c1-18(2)27(19(3)4)16-17-29-25-11-6-5-9-22(25)24(28)13-12-20-8-7-10-23-21(20)14-15-26-23/h5-15,18-19,26H,16-17H2,1-4H3. The lowest BCUT2D eigenvalue weighted by Crippen LogP contribution is -2.39. The Morgan fingerprint density at radius 3 is 2.55 bits per heavy atom. The highest BCUT2D eigenvalue weighted by atomic mass is 16.5. The largest absolute Gasteiger partial charge is 0.491 e. The summed E-state index contributed by atoms with van der Waals surface area (Å²) in [7, 11) is 0. The number of ketones is 1. The van der Waals surface area contributed by atoms with Gasteiger partial charge in [-0.2, -0.15) is 0 Å². The fourth-order valence-electron chi connectivity index (χ4n) is 3.68. The van der Waals surface area contributed by atoms with E-state index in [1.807, 2.05) is 60.8 Å². The molecular weight excluding hydrogens is 360 g/mol. The number of aromatic nitrogens is 1. The van der Waals surface area contributed by atoms with Gasteiger partial charge in [0.15, 0.2) is 5.78 Å². The molecule has 4 heteroatoms. The van der Waals surface area contributed by atoms with E-state index in [9.17, 15) is 4.79 Å². The first kappa shape index (κ1) is 20.9. The molecule has 29 heavy (non-hydrogen) atoms. The van der Waals surface area contributed by atoms with Crippen LogP contribution in [0.25, 0.3) is 17.0 Å². The van der Waals surface area contributed by atoms with Gasteiger partial charge in [-0.3, -0.25) is 9.69 Å². The summed E-state index contributed by atoms with van der Waals surface area (Å²) in [5, 5.41) is 1.10. The van der Waals surface area contributed by atoms with Crippen LogP contribution < -0.4 is 4.74 Å². The second-order valence-corrected chi connectivity index (χ2v) is 7.75. The number of carbonyl (C=O) groups excluding carboxylic acids is 1. The molecule has 0 spiro atoms. The molecule has 3 rings (SSSR count). The summed E-state index contributed by atoms with van der Waals surface area (Å²) in [6, 6.07) is 16.4. The number of aromatic amines is 1. The zero-order valence-electron chi connectivity index (χ0n) is 17.7. The molecule has 0 fully saturated rings. The predicted molar refractivity (Wildman–Crippen MR) is 121 cm³/mol. The Hall–Kier alpha value is -2.85. The topological polar surface area (TPSA) is 45.3 Å². The molecule has 0 amide bonds. The van der Waals surface area contributed by atoms with E-state index in [2.05, 4.69) is 37.6 Å². The molecule has 4 nitrogen and oxygen atoms in total. The Labute approximate surface area is 173 Å². The van der Waals surface area contributed by atoms with E-state index < -0.39 is 0 Å². The highest BCUT2D eigenvalue weighted by Gasteiger charge is 2.14. The molecule has 152 valence electrons. The highest BCUT2D eigenvalue weighted by molar-refractivity contribution is 6.09. The lowest BCUT2D eigenvalue weighted by atomic mass is 10.1. The van der Waals surface area contributed by atoms with Crippen molar-refractivity contribution in [2.45, 2.75) is 39.8 Å². The number of H-pyrrole nitrogens is 1. The number of rotatable bonds is 9. The van der Waals surface area contributed by atoms with Crippen molar-refractivity contribution in [2.75, 3.05) is 13.2 Å². The minimum absolute atomic E-state index is 0.0577. The number of allylic oxidation sites excluding steroid dienone is 1. The number of para-hydroxylation sites is 1. The molecule has 0 aliphatic heterocycles. The Kier molecular flexibility index (Phi) is 6.89. The first-order valence-corrected chi connectivity index (χ1v) is 10.2. The molecule has 1 heterocycles. The van der Waals surface area contributed by atoms with Gasteiger partial charge in [0.25, 0.3) is 0 Å². The Bertz CT molecular complexity index is 977. The Morgan fingerprint density at radius 1 is 1.03 bits per heavy atom. The molecule has 0 aliphatic rings. The molecule has 1 aromatic heterocycles. The van der Waals surface area contributed by atoms with Gasteiger partial charge in [-0.25, -0.2) is 0 Å². The quantitative estimate of drug-likeness (QED) is 0.384. The second-order valence-electron chi connectivity index (χ2n) is 7.75. The van der Waals surface area contributed by atoms with Crippen LogP contribution in [0.2, 0.25) is 0 Å². The lowest BCUT2D eigenvalue weighted by molar-refractivity contribution is 0.104. The molecule has 0 aliphatic carbocycles. The van der Waals surface area contributed by atoms with Crippen LogP contribution in [0.5, 0.6) is 5.75 Å². The highest BCUT2D eigenvalue weighted by Crippen LogP contribution is 2.22. The number of ether oxygens (including phenoxy) is 1. The van der Waals surface area contributed by atoms with E-state index in [1.165, 1.54) is 0 Å². The summed E-state index contributed by atoms with van der Waals surface area (Å²) in [5.41, 5.74) is 2.66. The first-order valence-electron chi connectivity index (χ1n) is 10.2. The van der Waals surface area contributed by atoms with Gasteiger partial charge in [0.05, 0.1) is 5.56 Å². The van der Waals surface area contributed by atoms with Crippen LogP contribution >= 0.6 is 0 Å². The van der Waals surface area contributed by atoms with Gasteiger partial charge >= 0.3 is 0 Å². The van der Waals surface area contributed by atoms with Gasteiger partial charge in [-0.05, 0) is 63.6 Å². The van der Waals surface area contributed by atoms with Crippen molar-refractivity contribution in [3.8, 4) is 5.75 Å². The molecular formula is C25H30N2O2. The summed E-state index contributed by atoms with van der Waals surface area (Å²) in [6.07, 6.45) is 5.40. The smallest absolute Gasteiger partial charge is 0.189 e. The van der Waals surface area contributed by atoms with Gasteiger partial charge in [0, 0.05) is 35.7 Å². The zero-order chi connectivity index (χ0) is 20.8. The number of carbonyl (C=O) groups is 1. The van der Waals surface area contributed by atoms with E-state index in [4.69, 9.17) is 4.74 Å². The summed E-state index contributed by atoms with van der Waals surface area (Å²) in [6.45, 7) is 10.1. The molecule has 0 bridgehead atoms. The minimum Gasteiger partial charge on any atom is -0.491 e. The average Bonchev–Trinajstić information content (AvgIpc) is 3.18. The number of hydrogen-bond acceptors (Lipinski definition) is 3. The first-order chi connectivity index (χ1) is 14.0. The fourth-order valence-corrected chi connectivity index (χ4v) is 3.68. The van der Waals surface area contributed by atoms with Crippen LogP contribution in [0.15, 0.2) is 60.8 Å². The SMILES string of the molecule is CC(C)N(CCOc1ccccc1C(=O)C=Cc1cccc2[nH]ccc12)C(C)C. The van der Waals surface area contributed by atoms with Crippen LogP contribution in [-0.4, -0.2) is 40.9 Å². The van der Waals surface area contributed by atoms with Gasteiger partial charge in [-0.1, -0.05) is 30.3 Å². The van der Waals surface area contributed by atoms with Crippen LogP contribution in [-0.2, 0) is 0 Å². The van der Waals surface area contributed by atoms with Gasteiger partial charge < -0.3 is 9.72 Å². The summed E-state index contributed by atoms with van der Waals surface area (Å²) in [5.74, 6) is 0.576. The van der Waals surface area contributed by atoms with Gasteiger partial charge in [-0.15, -0.1) is 0 Å². The molecule has 2 aromatic carbocycles. The number of nitrogens with one attached hydrogen (secondary N) is 1. The third kappa shape index (κ3) is 5.15. The molecule has 3 aromatic rings. The molecule has 0 saturated carbocycles. The summed E-state index contributed by atoms with van der Waals surface area (Å²) >= 11 is 0. The maximum absolute atomic E-state index is 12.8. The van der Waals surface area contributed by atoms with Crippen LogP contribution in [0.3, 0.4) is 0 Å². The van der Waals surface area contributed by atoms with Crippen molar-refractivity contribution in [1.82, 2.24) is 9.88 Å². The number of nitrogens with zero attached hydrogens (tertiary/aromatic N) is 1. The van der Waals surface area contributed by atoms with Gasteiger partial charge in [0.2, 0.25) is 0 Å². The number of fused-ring (bicyclic) bond motifs is 1. The third-order valence-electron chi connectivity index (χ3n) is 5.13. The van der Waals surface area contributed by atoms with Crippen LogP contribution in [0.1, 0.15) is 43.6 Å². The molecule has 0 unspecified atom stereocenters. The predicted octanol–water partition coefficient (Wildman–Crippen LogP) is 5.56. The monoisotopic (exact) mass is 390 g/mol. The van der Waals surface area contributed by atoms with Crippen molar-refractivity contribution in [1.29, 1.82) is 0 Å². The number of benzene rings is 2. The van der Waals surface area contributed by atoms with Crippen LogP contribution in [0.4, 0.5) is 0 Å². The summed E-state index contributed by atoms with van der Waals surface area (Å²) < 4.78 is 6.00. The van der Waals surface area contributed by atoms with Crippen molar-refractivity contribution >= 4 is 22.8 Å². The normalized spacial score (nSPS) is 12.0. The molecule has 0 saturated heterocycles. The van der Waals surface area contributed by atoms with Crippen molar-refractivity contribution in [3.05, 3.63) is 71.9 Å². The maximum Gasteiger partial charge on any atom is 0.189 e. The van der Waals surface area contributed by atoms with E-state index in [0.29, 0.717) is 30.0 Å². The lowest BCUT2D eigenvalue weighted by Gasteiger charge is -2.30. The van der Waals surface area contributed by atoms with Crippen LogP contribution in [0, 0.1) is 0 Å². The Balaban J connectivity index is 1.71. The average molecular weight is 391 g/mol. The van der Waals surface area contributed by atoms with Crippen molar-refractivity contribution in [2.24, 2.45) is 0 Å². The van der Waals surface area contributed by atoms with Gasteiger partial charge in [0.1, 0.15) is 12.4 Å². The van der Waals surface area contributed by atoms with Crippen molar-refractivity contribution < 1.29 is 9.53 Å². The molecule has 0 atom stereocenters. The maximum atomic E-state index is 12.8. The molecule has 0 radical (unpaired) electrons. The van der Waals surface area contributed by atoms with E-state index in [1.54, 1.807) is 6.08 Å². The second kappa shape index (κ2) is 9.57. The third-order valence-corrected chi connectivity index (χ3v) is 5.13. The molecule has 1 N–H and O–H groups in total. The summed E-state index contributed by atoms with van der Waals surface area (Å²) in [4.78, 5) is 18.4. The van der Waals surface area contributed by atoms with E-state index >= 15 is 0 Å². The number of hydrogen-bond donors (Lipinski definition) is 1. The minimum atomic E-state index is -0.0577.